The zero-order chi connectivity index (χ0) is 9.26. The van der Waals surface area contributed by atoms with Crippen LogP contribution in [0.5, 0.6) is 0 Å². The molecular formula is C9H13ClN2O. The van der Waals surface area contributed by atoms with Gasteiger partial charge in [0.05, 0.1) is 18.3 Å². The number of ether oxygens (including phenoxy) is 1. The van der Waals surface area contributed by atoms with Crippen LogP contribution in [0.2, 0.25) is 0 Å². The molecule has 0 amide bonds. The fourth-order valence-electron chi connectivity index (χ4n) is 2.12. The molecule has 0 aromatic carbocycles. The summed E-state index contributed by atoms with van der Waals surface area (Å²) in [5.74, 6) is 0. The van der Waals surface area contributed by atoms with E-state index < -0.39 is 0 Å². The second kappa shape index (κ2) is 3.83. The predicted molar refractivity (Wildman–Crippen MR) is 49.6 cm³/mol. The third-order valence-corrected chi connectivity index (χ3v) is 2.91. The summed E-state index contributed by atoms with van der Waals surface area (Å²) in [5, 5.41) is 8.20. The van der Waals surface area contributed by atoms with E-state index in [0.717, 1.165) is 13.1 Å². The van der Waals surface area contributed by atoms with E-state index in [9.17, 15) is 0 Å². The molecule has 2 aliphatic heterocycles. The molecule has 2 heterocycles. The summed E-state index contributed by atoms with van der Waals surface area (Å²) in [4.78, 5) is 2.24. The smallest absolute Gasteiger partial charge is 0.133 e. The molecule has 0 radical (unpaired) electrons. The first-order valence-corrected chi connectivity index (χ1v) is 5.13. The summed E-state index contributed by atoms with van der Waals surface area (Å²) < 4.78 is 5.68. The second-order valence-corrected chi connectivity index (χ2v) is 4.30. The quantitative estimate of drug-likeness (QED) is 0.624. The second-order valence-electron chi connectivity index (χ2n) is 3.77. The van der Waals surface area contributed by atoms with Crippen LogP contribution in [0.1, 0.15) is 12.8 Å². The van der Waals surface area contributed by atoms with E-state index in [0.29, 0.717) is 18.8 Å². The number of hydrogen-bond donors (Lipinski definition) is 0. The van der Waals surface area contributed by atoms with E-state index >= 15 is 0 Å². The van der Waals surface area contributed by atoms with Gasteiger partial charge in [0.15, 0.2) is 0 Å². The van der Waals surface area contributed by atoms with Crippen LogP contribution in [0.4, 0.5) is 0 Å². The van der Waals surface area contributed by atoms with E-state index in [1.165, 1.54) is 12.8 Å². The van der Waals surface area contributed by atoms with Crippen molar-refractivity contribution in [2.24, 2.45) is 0 Å². The third-order valence-electron chi connectivity index (χ3n) is 2.68. The van der Waals surface area contributed by atoms with Crippen molar-refractivity contribution < 1.29 is 4.74 Å². The van der Waals surface area contributed by atoms with Crippen molar-refractivity contribution in [3.8, 4) is 6.07 Å². The molecule has 2 bridgehead atoms. The topological polar surface area (TPSA) is 36.3 Å². The summed E-state index contributed by atoms with van der Waals surface area (Å²) >= 11 is 5.77. The number of fused-ring (bicyclic) bond motifs is 2. The van der Waals surface area contributed by atoms with Crippen LogP contribution in [0.15, 0.2) is 0 Å². The number of nitrogens with zero attached hydrogens (tertiary/aromatic N) is 2. The highest BCUT2D eigenvalue weighted by Gasteiger charge is 2.33. The highest BCUT2D eigenvalue weighted by Crippen LogP contribution is 2.26. The van der Waals surface area contributed by atoms with E-state index in [2.05, 4.69) is 4.90 Å². The summed E-state index contributed by atoms with van der Waals surface area (Å²) in [6.07, 6.45) is 3.11. The van der Waals surface area contributed by atoms with E-state index in [1.807, 2.05) is 6.07 Å². The van der Waals surface area contributed by atoms with E-state index in [1.54, 1.807) is 0 Å². The van der Waals surface area contributed by atoms with Crippen LogP contribution in [-0.2, 0) is 4.74 Å². The normalized spacial score (nSPS) is 35.7. The van der Waals surface area contributed by atoms with E-state index in [4.69, 9.17) is 21.6 Å². The van der Waals surface area contributed by atoms with Crippen LogP contribution in [0.25, 0.3) is 0 Å². The van der Waals surface area contributed by atoms with Crippen molar-refractivity contribution in [1.82, 2.24) is 4.90 Å². The van der Waals surface area contributed by atoms with Gasteiger partial charge in [-0.25, -0.2) is 0 Å². The monoisotopic (exact) mass is 200 g/mol. The molecule has 13 heavy (non-hydrogen) atoms. The first-order valence-electron chi connectivity index (χ1n) is 4.69. The van der Waals surface area contributed by atoms with Crippen LogP contribution >= 0.6 is 11.6 Å². The zero-order valence-corrected chi connectivity index (χ0v) is 8.20. The number of hydrogen-bond acceptors (Lipinski definition) is 3. The first-order chi connectivity index (χ1) is 6.28. The van der Waals surface area contributed by atoms with Gasteiger partial charge in [-0.1, -0.05) is 0 Å². The molecule has 0 aromatic heterocycles. The summed E-state index contributed by atoms with van der Waals surface area (Å²) in [6, 6.07) is 2.05. The Kier molecular flexibility index (Phi) is 2.73. The lowest BCUT2D eigenvalue weighted by molar-refractivity contribution is -0.0371. The van der Waals surface area contributed by atoms with Gasteiger partial charge in [0, 0.05) is 19.6 Å². The average Bonchev–Trinajstić information content (AvgIpc) is 2.46. The lowest BCUT2D eigenvalue weighted by Gasteiger charge is -2.32. The molecule has 4 heteroatoms. The number of morpholine rings is 1. The molecular weight excluding hydrogens is 188 g/mol. The highest BCUT2D eigenvalue weighted by atomic mass is 35.5. The Bertz CT molecular complexity index is 216. The van der Waals surface area contributed by atoms with Gasteiger partial charge in [-0.3, -0.25) is 4.90 Å². The van der Waals surface area contributed by atoms with Gasteiger partial charge in [-0.05, 0) is 12.8 Å². The molecule has 0 saturated carbocycles. The van der Waals surface area contributed by atoms with Gasteiger partial charge >= 0.3 is 0 Å². The Balaban J connectivity index is 1.85. The molecule has 0 N–H and O–H groups in total. The largest absolute Gasteiger partial charge is 0.372 e. The summed E-state index contributed by atoms with van der Waals surface area (Å²) in [6.45, 7) is 2.57. The molecule has 2 fully saturated rings. The minimum absolute atomic E-state index is 0.377. The maximum absolute atomic E-state index is 8.57. The molecule has 72 valence electrons. The number of nitriles is 1. The van der Waals surface area contributed by atoms with Gasteiger partial charge < -0.3 is 4.74 Å². The molecule has 0 spiro atoms. The van der Waals surface area contributed by atoms with Gasteiger partial charge in [0.2, 0.25) is 0 Å². The standard InChI is InChI=1S/C9H13ClN2O/c10-7(3-11)4-12-5-8-1-2-9(6-12)13-8/h7-9H,1-2,4-6H2. The van der Waals surface area contributed by atoms with Crippen molar-refractivity contribution in [3.05, 3.63) is 0 Å². The molecule has 2 aliphatic rings. The Morgan fingerprint density at radius 1 is 1.46 bits per heavy atom. The average molecular weight is 201 g/mol. The number of likely N-dealkylation sites (tertiary alicyclic amines) is 1. The molecule has 3 atom stereocenters. The van der Waals surface area contributed by atoms with Crippen LogP contribution in [-0.4, -0.2) is 42.1 Å². The van der Waals surface area contributed by atoms with Crippen molar-refractivity contribution in [2.75, 3.05) is 19.6 Å². The molecule has 0 aliphatic carbocycles. The lowest BCUT2D eigenvalue weighted by Crippen LogP contribution is -2.44. The molecule has 3 unspecified atom stereocenters. The highest BCUT2D eigenvalue weighted by molar-refractivity contribution is 6.22. The third kappa shape index (κ3) is 2.14. The van der Waals surface area contributed by atoms with Gasteiger partial charge in [-0.2, -0.15) is 5.26 Å². The Morgan fingerprint density at radius 3 is 2.62 bits per heavy atom. The Morgan fingerprint density at radius 2 is 2.08 bits per heavy atom. The number of alkyl halides is 1. The maximum atomic E-state index is 8.57. The van der Waals surface area contributed by atoms with Crippen molar-refractivity contribution in [2.45, 2.75) is 30.4 Å². The molecule has 2 saturated heterocycles. The zero-order valence-electron chi connectivity index (χ0n) is 7.45. The fraction of sp³-hybridized carbons (Fsp3) is 0.889. The number of rotatable bonds is 2. The van der Waals surface area contributed by atoms with Crippen molar-refractivity contribution >= 4 is 11.6 Å². The van der Waals surface area contributed by atoms with Crippen LogP contribution in [0, 0.1) is 11.3 Å². The summed E-state index contributed by atoms with van der Waals surface area (Å²) in [7, 11) is 0. The van der Waals surface area contributed by atoms with Crippen LogP contribution in [0.3, 0.4) is 0 Å². The lowest BCUT2D eigenvalue weighted by atomic mass is 10.2. The fourth-order valence-corrected chi connectivity index (χ4v) is 2.31. The Labute approximate surface area is 83.2 Å². The first kappa shape index (κ1) is 9.26. The van der Waals surface area contributed by atoms with Gasteiger partial charge in [0.25, 0.3) is 0 Å². The Hall–Kier alpha value is -0.300. The molecule has 0 aromatic rings. The van der Waals surface area contributed by atoms with Crippen molar-refractivity contribution in [3.63, 3.8) is 0 Å². The summed E-state index contributed by atoms with van der Waals surface area (Å²) in [5.41, 5.74) is 0. The minimum Gasteiger partial charge on any atom is -0.372 e. The predicted octanol–water partition coefficient (Wildman–Crippen LogP) is 0.981. The van der Waals surface area contributed by atoms with Gasteiger partial charge in [0.1, 0.15) is 5.38 Å². The SMILES string of the molecule is N#CC(Cl)CN1CC2CCC(C1)O2. The molecule has 3 nitrogen and oxygen atoms in total. The maximum Gasteiger partial charge on any atom is 0.133 e. The molecule has 2 rings (SSSR count). The minimum atomic E-state index is -0.377. The number of halogens is 1. The van der Waals surface area contributed by atoms with Crippen molar-refractivity contribution in [1.29, 1.82) is 5.26 Å². The van der Waals surface area contributed by atoms with E-state index in [-0.39, 0.29) is 5.38 Å². The van der Waals surface area contributed by atoms with Crippen LogP contribution < -0.4 is 0 Å². The van der Waals surface area contributed by atoms with Gasteiger partial charge in [-0.15, -0.1) is 11.6 Å².